The lowest BCUT2D eigenvalue weighted by Crippen LogP contribution is -2.36. The number of methoxy groups -OCH3 is 2. The second kappa shape index (κ2) is 12.3. The molecule has 0 saturated carbocycles. The molecule has 220 valence electrons. The Balaban J connectivity index is 1.33. The number of fused-ring (bicyclic) bond motifs is 1. The number of hydrogen-bond acceptors (Lipinski definition) is 8. The topological polar surface area (TPSA) is 115 Å². The zero-order chi connectivity index (χ0) is 30.1. The van der Waals surface area contributed by atoms with Gasteiger partial charge in [-0.15, -0.1) is 0 Å². The summed E-state index contributed by atoms with van der Waals surface area (Å²) < 4.78 is 11.0. The smallest absolute Gasteiger partial charge is 0.243 e. The van der Waals surface area contributed by atoms with E-state index >= 15 is 0 Å². The SMILES string of the molecule is COc1nc(-c2cccc(-c3cccc(-c4cc5c(c(OC)n4)[C@H](NC[C@@H]4CCC(=O)N4)CC5)c3Cl)c2Cl)cnc1C=O. The van der Waals surface area contributed by atoms with Crippen LogP contribution >= 0.6 is 23.2 Å². The van der Waals surface area contributed by atoms with E-state index < -0.39 is 0 Å². The van der Waals surface area contributed by atoms with Crippen molar-refractivity contribution in [1.82, 2.24) is 25.6 Å². The molecule has 0 radical (unpaired) electrons. The number of aryl methyl sites for hydroxylation is 1. The van der Waals surface area contributed by atoms with Gasteiger partial charge >= 0.3 is 0 Å². The number of ether oxygens (including phenoxy) is 2. The summed E-state index contributed by atoms with van der Waals surface area (Å²) in [5.41, 5.74) is 6.30. The Bertz CT molecular complexity index is 1730. The fourth-order valence-corrected chi connectivity index (χ4v) is 6.49. The summed E-state index contributed by atoms with van der Waals surface area (Å²) in [6.07, 6.45) is 5.28. The second-order valence-electron chi connectivity index (χ2n) is 10.5. The van der Waals surface area contributed by atoms with E-state index in [4.69, 9.17) is 37.7 Å². The minimum absolute atomic E-state index is 0.0923. The van der Waals surface area contributed by atoms with Crippen LogP contribution in [-0.2, 0) is 11.2 Å². The molecule has 2 aliphatic rings. The number of rotatable bonds is 9. The standard InChI is InChI=1S/C32H29Cl2N5O4/c1-42-31-26(16-40)36-15-25(39-31)22-8-4-6-20(30(22)34)19-5-3-7-21(29(19)33)24-13-17-9-11-23(28(17)32(38-24)43-2)35-14-18-10-12-27(41)37-18/h3-8,13,15-16,18,23,35H,9-12,14H2,1-2H3,(H,37,41)/t18-,23+/m0/s1. The second-order valence-corrected chi connectivity index (χ2v) is 11.2. The lowest BCUT2D eigenvalue weighted by molar-refractivity contribution is -0.119. The molecule has 1 amide bonds. The van der Waals surface area contributed by atoms with Crippen LogP contribution in [0, 0.1) is 0 Å². The summed E-state index contributed by atoms with van der Waals surface area (Å²) in [5.74, 6) is 0.788. The number of amides is 1. The molecule has 6 rings (SSSR count). The number of carbonyl (C=O) groups excluding carboxylic acids is 2. The third kappa shape index (κ3) is 5.56. The Hall–Kier alpha value is -4.05. The van der Waals surface area contributed by atoms with Crippen molar-refractivity contribution in [3.63, 3.8) is 0 Å². The maximum atomic E-state index is 11.6. The third-order valence-corrected chi connectivity index (χ3v) is 8.78. The number of nitrogens with one attached hydrogen (secondary N) is 2. The van der Waals surface area contributed by atoms with Crippen LogP contribution in [0.2, 0.25) is 10.0 Å². The largest absolute Gasteiger partial charge is 0.481 e. The fraction of sp³-hybridized carbons (Fsp3) is 0.281. The summed E-state index contributed by atoms with van der Waals surface area (Å²) in [6, 6.07) is 13.7. The van der Waals surface area contributed by atoms with E-state index in [1.165, 1.54) is 13.3 Å². The Labute approximate surface area is 259 Å². The molecule has 4 aromatic rings. The van der Waals surface area contributed by atoms with Crippen molar-refractivity contribution in [2.45, 2.75) is 37.8 Å². The highest BCUT2D eigenvalue weighted by Gasteiger charge is 2.30. The molecule has 2 aromatic carbocycles. The van der Waals surface area contributed by atoms with Crippen molar-refractivity contribution in [1.29, 1.82) is 0 Å². The zero-order valence-corrected chi connectivity index (χ0v) is 25.1. The van der Waals surface area contributed by atoms with E-state index in [9.17, 15) is 9.59 Å². The summed E-state index contributed by atoms with van der Waals surface area (Å²) in [6.45, 7) is 0.702. The number of pyridine rings is 1. The van der Waals surface area contributed by atoms with Gasteiger partial charge in [-0.05, 0) is 30.9 Å². The minimum Gasteiger partial charge on any atom is -0.481 e. The summed E-state index contributed by atoms with van der Waals surface area (Å²) in [5, 5.41) is 7.55. The van der Waals surface area contributed by atoms with E-state index in [1.807, 2.05) is 36.4 Å². The number of benzene rings is 2. The molecule has 3 heterocycles. The number of halogens is 2. The van der Waals surface area contributed by atoms with Gasteiger partial charge in [-0.1, -0.05) is 59.6 Å². The highest BCUT2D eigenvalue weighted by molar-refractivity contribution is 6.39. The molecule has 1 saturated heterocycles. The molecule has 0 bridgehead atoms. The van der Waals surface area contributed by atoms with Gasteiger partial charge in [-0.25, -0.2) is 15.0 Å². The Morgan fingerprint density at radius 2 is 1.58 bits per heavy atom. The van der Waals surface area contributed by atoms with Crippen LogP contribution in [0.15, 0.2) is 48.7 Å². The van der Waals surface area contributed by atoms with Crippen LogP contribution in [0.4, 0.5) is 0 Å². The van der Waals surface area contributed by atoms with Gasteiger partial charge in [0, 0.05) is 52.9 Å². The molecule has 1 aliphatic heterocycles. The molecule has 2 atom stereocenters. The molecule has 43 heavy (non-hydrogen) atoms. The van der Waals surface area contributed by atoms with Crippen LogP contribution in [0.3, 0.4) is 0 Å². The van der Waals surface area contributed by atoms with Crippen LogP contribution < -0.4 is 20.1 Å². The first-order valence-corrected chi connectivity index (χ1v) is 14.7. The summed E-state index contributed by atoms with van der Waals surface area (Å²) >= 11 is 14.0. The molecular formula is C32H29Cl2N5O4. The van der Waals surface area contributed by atoms with E-state index in [1.54, 1.807) is 7.11 Å². The number of aromatic nitrogens is 3. The first-order valence-electron chi connectivity index (χ1n) is 14.0. The number of aldehydes is 1. The Morgan fingerprint density at radius 1 is 0.930 bits per heavy atom. The monoisotopic (exact) mass is 617 g/mol. The van der Waals surface area contributed by atoms with Crippen molar-refractivity contribution in [2.75, 3.05) is 20.8 Å². The summed E-state index contributed by atoms with van der Waals surface area (Å²) in [4.78, 5) is 36.4. The molecule has 1 fully saturated rings. The van der Waals surface area contributed by atoms with Crippen molar-refractivity contribution >= 4 is 35.4 Å². The van der Waals surface area contributed by atoms with Crippen LogP contribution in [-0.4, -0.2) is 54.0 Å². The first kappa shape index (κ1) is 29.0. The Kier molecular flexibility index (Phi) is 8.30. The maximum absolute atomic E-state index is 11.6. The molecule has 1 aliphatic carbocycles. The third-order valence-electron chi connectivity index (χ3n) is 7.96. The first-order chi connectivity index (χ1) is 20.9. The average molecular weight is 619 g/mol. The molecule has 2 aromatic heterocycles. The number of nitrogens with zero attached hydrogens (tertiary/aromatic N) is 3. The molecule has 11 heteroatoms. The van der Waals surface area contributed by atoms with Crippen molar-refractivity contribution < 1.29 is 19.1 Å². The van der Waals surface area contributed by atoms with Crippen LogP contribution in [0.1, 0.15) is 46.9 Å². The minimum atomic E-state index is 0.0923. The van der Waals surface area contributed by atoms with Crippen molar-refractivity contribution in [3.8, 4) is 45.4 Å². The molecular weight excluding hydrogens is 589 g/mol. The van der Waals surface area contributed by atoms with Gasteiger partial charge in [-0.2, -0.15) is 0 Å². The zero-order valence-electron chi connectivity index (χ0n) is 23.6. The van der Waals surface area contributed by atoms with Gasteiger partial charge in [0.25, 0.3) is 0 Å². The number of carbonyl (C=O) groups is 2. The molecule has 9 nitrogen and oxygen atoms in total. The van der Waals surface area contributed by atoms with Gasteiger partial charge in [0.1, 0.15) is 0 Å². The van der Waals surface area contributed by atoms with Gasteiger partial charge in [0.2, 0.25) is 17.7 Å². The molecule has 2 N–H and O–H groups in total. The van der Waals surface area contributed by atoms with Gasteiger partial charge in [0.05, 0.1) is 41.8 Å². The lowest BCUT2D eigenvalue weighted by Gasteiger charge is -2.20. The number of hydrogen-bond donors (Lipinski definition) is 2. The van der Waals surface area contributed by atoms with Crippen LogP contribution in [0.5, 0.6) is 11.8 Å². The molecule has 0 unspecified atom stereocenters. The average Bonchev–Trinajstić information content (AvgIpc) is 3.65. The quantitative estimate of drug-likeness (QED) is 0.224. The predicted octanol–water partition coefficient (Wildman–Crippen LogP) is 5.86. The Morgan fingerprint density at radius 3 is 2.21 bits per heavy atom. The fourth-order valence-electron chi connectivity index (χ4n) is 5.84. The van der Waals surface area contributed by atoms with Crippen molar-refractivity contribution in [3.05, 3.63) is 75.5 Å². The summed E-state index contributed by atoms with van der Waals surface area (Å²) in [7, 11) is 3.06. The van der Waals surface area contributed by atoms with Crippen LogP contribution in [0.25, 0.3) is 33.6 Å². The van der Waals surface area contributed by atoms with E-state index in [0.717, 1.165) is 41.5 Å². The van der Waals surface area contributed by atoms with E-state index in [0.29, 0.717) is 57.7 Å². The maximum Gasteiger partial charge on any atom is 0.243 e. The lowest BCUT2D eigenvalue weighted by atomic mass is 9.97. The van der Waals surface area contributed by atoms with E-state index in [-0.39, 0.29) is 29.6 Å². The van der Waals surface area contributed by atoms with Gasteiger partial charge in [0.15, 0.2) is 12.0 Å². The predicted molar refractivity (Wildman–Crippen MR) is 165 cm³/mol. The van der Waals surface area contributed by atoms with Gasteiger partial charge < -0.3 is 20.1 Å². The highest BCUT2D eigenvalue weighted by Crippen LogP contribution is 2.44. The van der Waals surface area contributed by atoms with Gasteiger partial charge in [-0.3, -0.25) is 9.59 Å². The molecule has 0 spiro atoms. The van der Waals surface area contributed by atoms with Crippen molar-refractivity contribution in [2.24, 2.45) is 0 Å². The van der Waals surface area contributed by atoms with E-state index in [2.05, 4.69) is 26.7 Å². The normalized spacial score (nSPS) is 17.4. The highest BCUT2D eigenvalue weighted by atomic mass is 35.5.